The molecule has 4 rings (SSSR count). The van der Waals surface area contributed by atoms with E-state index in [4.69, 9.17) is 9.47 Å². The largest absolute Gasteiger partial charge is 0.509 e. The molecule has 2 aliphatic heterocycles. The van der Waals surface area contributed by atoms with Crippen molar-refractivity contribution in [2.24, 2.45) is 0 Å². The van der Waals surface area contributed by atoms with Crippen molar-refractivity contribution in [3.8, 4) is 0 Å². The van der Waals surface area contributed by atoms with Gasteiger partial charge in [-0.1, -0.05) is 0 Å². The van der Waals surface area contributed by atoms with E-state index in [1.165, 1.54) is 6.07 Å². The van der Waals surface area contributed by atoms with Crippen molar-refractivity contribution in [2.45, 2.75) is 43.9 Å². The summed E-state index contributed by atoms with van der Waals surface area (Å²) in [7, 11) is 0. The highest BCUT2D eigenvalue weighted by molar-refractivity contribution is 9.10. The van der Waals surface area contributed by atoms with Crippen molar-refractivity contribution >= 4 is 27.4 Å². The lowest BCUT2D eigenvalue weighted by molar-refractivity contribution is -0.185. The zero-order valence-corrected chi connectivity index (χ0v) is 15.4. The number of carbonyl (C=O) groups excluding carboxylic acids is 1. The predicted molar refractivity (Wildman–Crippen MR) is 92.4 cm³/mol. The van der Waals surface area contributed by atoms with Gasteiger partial charge < -0.3 is 19.9 Å². The average Bonchev–Trinajstić information content (AvgIpc) is 3.12. The predicted octanol–water partition coefficient (Wildman–Crippen LogP) is 3.35. The molecule has 5 nitrogen and oxygen atoms in total. The molecule has 0 bridgehead atoms. The van der Waals surface area contributed by atoms with Gasteiger partial charge in [0.1, 0.15) is 11.6 Å². The molecule has 0 radical (unpaired) electrons. The van der Waals surface area contributed by atoms with E-state index in [2.05, 4.69) is 21.2 Å². The summed E-state index contributed by atoms with van der Waals surface area (Å²) < 4.78 is 25.4. The Labute approximate surface area is 153 Å². The number of rotatable bonds is 1. The number of nitrogens with one attached hydrogen (secondary N) is 1. The third-order valence-electron chi connectivity index (χ3n) is 5.49. The maximum absolute atomic E-state index is 13.7. The Morgan fingerprint density at radius 2 is 1.84 bits per heavy atom. The van der Waals surface area contributed by atoms with Crippen molar-refractivity contribution in [2.75, 3.05) is 13.2 Å². The third-order valence-corrected chi connectivity index (χ3v) is 6.09. The molecule has 1 saturated heterocycles. The van der Waals surface area contributed by atoms with E-state index >= 15 is 0 Å². The molecular formula is C18H19BrFNO4. The molecule has 134 valence electrons. The quantitative estimate of drug-likeness (QED) is 0.743. The summed E-state index contributed by atoms with van der Waals surface area (Å²) in [6.07, 6.45) is 2.29. The molecule has 1 saturated carbocycles. The van der Waals surface area contributed by atoms with Crippen LogP contribution in [0.15, 0.2) is 22.4 Å². The van der Waals surface area contributed by atoms with Crippen LogP contribution in [0.2, 0.25) is 0 Å². The molecule has 1 aromatic carbocycles. The summed E-state index contributed by atoms with van der Waals surface area (Å²) >= 11 is 3.15. The molecule has 2 fully saturated rings. The highest BCUT2D eigenvalue weighted by Gasteiger charge is 2.53. The van der Waals surface area contributed by atoms with Gasteiger partial charge in [-0.3, -0.25) is 4.79 Å². The highest BCUT2D eigenvalue weighted by Crippen LogP contribution is 2.47. The molecule has 3 aliphatic rings. The van der Waals surface area contributed by atoms with E-state index < -0.39 is 17.1 Å². The standard InChI is InChI=1S/C18H19BrFNO4/c1-10-8-13(20)12(19)9-11(10)14-15(22)17(21-16(14)23)2-4-18(5-3-17)24-6-7-25-18/h8-9,22H,2-7H2,1H3,(H,21,23). The number of hydrogen-bond acceptors (Lipinski definition) is 4. The highest BCUT2D eigenvalue weighted by atomic mass is 79.9. The van der Waals surface area contributed by atoms with E-state index in [0.717, 1.165) is 0 Å². The van der Waals surface area contributed by atoms with Crippen molar-refractivity contribution in [3.63, 3.8) is 0 Å². The Kier molecular flexibility index (Phi) is 3.94. The molecule has 1 amide bonds. The van der Waals surface area contributed by atoms with Crippen molar-refractivity contribution in [1.82, 2.24) is 5.32 Å². The summed E-state index contributed by atoms with van der Waals surface area (Å²) in [6, 6.07) is 2.90. The molecule has 0 aromatic heterocycles. The van der Waals surface area contributed by atoms with Crippen LogP contribution in [-0.2, 0) is 14.3 Å². The maximum Gasteiger partial charge on any atom is 0.256 e. The van der Waals surface area contributed by atoms with Crippen LogP contribution in [0.3, 0.4) is 0 Å². The summed E-state index contributed by atoms with van der Waals surface area (Å²) in [5.41, 5.74) is 0.570. The maximum atomic E-state index is 13.7. The van der Waals surface area contributed by atoms with Gasteiger partial charge in [-0.15, -0.1) is 0 Å². The van der Waals surface area contributed by atoms with Crippen LogP contribution in [0.4, 0.5) is 4.39 Å². The monoisotopic (exact) mass is 411 g/mol. The lowest BCUT2D eigenvalue weighted by Crippen LogP contribution is -2.51. The van der Waals surface area contributed by atoms with Gasteiger partial charge in [-0.25, -0.2) is 4.39 Å². The second-order valence-corrected chi connectivity index (χ2v) is 7.80. The minimum atomic E-state index is -0.791. The zero-order chi connectivity index (χ0) is 17.8. The molecule has 2 N–H and O–H groups in total. The number of hydrogen-bond donors (Lipinski definition) is 2. The summed E-state index contributed by atoms with van der Waals surface area (Å²) in [5.74, 6) is -1.27. The Bertz CT molecular complexity index is 776. The minimum absolute atomic E-state index is 0.0342. The van der Waals surface area contributed by atoms with Crippen molar-refractivity contribution < 1.29 is 23.8 Å². The molecule has 1 aliphatic carbocycles. The molecule has 0 atom stereocenters. The summed E-state index contributed by atoms with van der Waals surface area (Å²) in [4.78, 5) is 12.6. The first-order valence-corrected chi connectivity index (χ1v) is 9.15. The Morgan fingerprint density at radius 1 is 1.20 bits per heavy atom. The SMILES string of the molecule is Cc1cc(F)c(Br)cc1C1=C(O)C2(CCC3(CC2)OCCO3)NC1=O. The average molecular weight is 412 g/mol. The molecular weight excluding hydrogens is 393 g/mol. The second kappa shape index (κ2) is 5.79. The minimum Gasteiger partial charge on any atom is -0.509 e. The first kappa shape index (κ1) is 17.0. The Hall–Kier alpha value is -1.44. The fourth-order valence-corrected chi connectivity index (χ4v) is 4.40. The zero-order valence-electron chi connectivity index (χ0n) is 13.8. The van der Waals surface area contributed by atoms with Crippen LogP contribution in [0.25, 0.3) is 5.57 Å². The van der Waals surface area contributed by atoms with Gasteiger partial charge in [0.15, 0.2) is 5.79 Å². The second-order valence-electron chi connectivity index (χ2n) is 6.95. The molecule has 7 heteroatoms. The normalized spacial score (nSPS) is 24.4. The van der Waals surface area contributed by atoms with E-state index in [0.29, 0.717) is 50.0 Å². The van der Waals surface area contributed by atoms with Crippen LogP contribution in [0, 0.1) is 12.7 Å². The van der Waals surface area contributed by atoms with Crippen molar-refractivity contribution in [3.05, 3.63) is 39.3 Å². The topological polar surface area (TPSA) is 67.8 Å². The Morgan fingerprint density at radius 3 is 2.48 bits per heavy atom. The van der Waals surface area contributed by atoms with Crippen LogP contribution >= 0.6 is 15.9 Å². The number of aliphatic hydroxyl groups excluding tert-OH is 1. The molecule has 1 aromatic rings. The third kappa shape index (κ3) is 2.60. The molecule has 2 heterocycles. The van der Waals surface area contributed by atoms with E-state index in [9.17, 15) is 14.3 Å². The molecule has 25 heavy (non-hydrogen) atoms. The van der Waals surface area contributed by atoms with Gasteiger partial charge in [-0.2, -0.15) is 0 Å². The van der Waals surface area contributed by atoms with Crippen LogP contribution in [0.1, 0.15) is 36.8 Å². The van der Waals surface area contributed by atoms with Gasteiger partial charge in [-0.05, 0) is 59.0 Å². The number of aryl methyl sites for hydroxylation is 1. The van der Waals surface area contributed by atoms with Gasteiger partial charge in [0.05, 0.1) is 28.8 Å². The van der Waals surface area contributed by atoms with E-state index in [-0.39, 0.29) is 21.7 Å². The lowest BCUT2D eigenvalue weighted by atomic mass is 9.77. The fourth-order valence-electron chi connectivity index (χ4n) is 4.06. The van der Waals surface area contributed by atoms with Crippen LogP contribution in [0.5, 0.6) is 0 Å². The first-order valence-electron chi connectivity index (χ1n) is 8.36. The first-order chi connectivity index (χ1) is 11.9. The number of aliphatic hydroxyl groups is 1. The fraction of sp³-hybridized carbons (Fsp3) is 0.500. The summed E-state index contributed by atoms with van der Waals surface area (Å²) in [5, 5.41) is 13.9. The lowest BCUT2D eigenvalue weighted by Gasteiger charge is -2.41. The van der Waals surface area contributed by atoms with Gasteiger partial charge in [0, 0.05) is 12.8 Å². The van der Waals surface area contributed by atoms with Crippen LogP contribution < -0.4 is 5.32 Å². The Balaban J connectivity index is 1.70. The smallest absolute Gasteiger partial charge is 0.256 e. The van der Waals surface area contributed by atoms with Crippen LogP contribution in [-0.4, -0.2) is 35.6 Å². The van der Waals surface area contributed by atoms with Gasteiger partial charge >= 0.3 is 0 Å². The molecule has 0 unspecified atom stereocenters. The van der Waals surface area contributed by atoms with Crippen molar-refractivity contribution in [1.29, 1.82) is 0 Å². The number of amides is 1. The number of carbonyl (C=O) groups is 1. The van der Waals surface area contributed by atoms with Gasteiger partial charge in [0.2, 0.25) is 0 Å². The number of ether oxygens (including phenoxy) is 2. The van der Waals surface area contributed by atoms with Gasteiger partial charge in [0.25, 0.3) is 5.91 Å². The van der Waals surface area contributed by atoms with E-state index in [1.807, 2.05) is 0 Å². The van der Waals surface area contributed by atoms with E-state index in [1.54, 1.807) is 13.0 Å². The number of halogens is 2. The summed E-state index contributed by atoms with van der Waals surface area (Å²) in [6.45, 7) is 2.88. The number of benzene rings is 1. The molecule has 2 spiro atoms.